The molecule has 0 aliphatic carbocycles. The molecule has 1 unspecified atom stereocenters. The van der Waals surface area contributed by atoms with E-state index in [-0.39, 0.29) is 6.04 Å². The molecule has 1 atom stereocenters. The summed E-state index contributed by atoms with van der Waals surface area (Å²) >= 11 is 0. The van der Waals surface area contributed by atoms with Crippen LogP contribution in [0.5, 0.6) is 5.75 Å². The van der Waals surface area contributed by atoms with Gasteiger partial charge in [-0.05, 0) is 41.9 Å². The molecule has 2 nitrogen and oxygen atoms in total. The highest BCUT2D eigenvalue weighted by Gasteiger charge is 2.15. The molecule has 20 heavy (non-hydrogen) atoms. The molecule has 2 rings (SSSR count). The molecule has 0 radical (unpaired) electrons. The minimum absolute atomic E-state index is 0.180. The molecular weight excluding hydrogens is 260 g/mol. The van der Waals surface area contributed by atoms with E-state index in [0.717, 1.165) is 23.9 Å². The fraction of sp³-hybridized carbons (Fsp3) is 0.250. The Labute approximate surface area is 117 Å². The molecule has 2 aromatic carbocycles. The van der Waals surface area contributed by atoms with Gasteiger partial charge in [0.2, 0.25) is 0 Å². The van der Waals surface area contributed by atoms with Crippen molar-refractivity contribution in [1.29, 1.82) is 0 Å². The van der Waals surface area contributed by atoms with Gasteiger partial charge >= 0.3 is 0 Å². The number of hydrogen-bond acceptors (Lipinski definition) is 2. The number of halogens is 2. The summed E-state index contributed by atoms with van der Waals surface area (Å²) in [6, 6.07) is 11.3. The third-order valence-electron chi connectivity index (χ3n) is 3.13. The van der Waals surface area contributed by atoms with Crippen molar-refractivity contribution in [1.82, 2.24) is 5.32 Å². The second-order valence-corrected chi connectivity index (χ2v) is 4.44. The van der Waals surface area contributed by atoms with Crippen LogP contribution < -0.4 is 10.1 Å². The Kier molecular flexibility index (Phi) is 4.69. The highest BCUT2D eigenvalue weighted by atomic mass is 19.2. The van der Waals surface area contributed by atoms with Crippen LogP contribution in [0.3, 0.4) is 0 Å². The summed E-state index contributed by atoms with van der Waals surface area (Å²) in [4.78, 5) is 0. The summed E-state index contributed by atoms with van der Waals surface area (Å²) in [7, 11) is 1.60. The predicted molar refractivity (Wildman–Crippen MR) is 74.9 cm³/mol. The summed E-state index contributed by atoms with van der Waals surface area (Å²) in [5, 5.41) is 3.27. The van der Waals surface area contributed by atoms with E-state index in [1.54, 1.807) is 13.2 Å². The molecule has 0 aliphatic heterocycles. The maximum atomic E-state index is 13.4. The number of methoxy groups -OCH3 is 1. The van der Waals surface area contributed by atoms with Crippen LogP contribution in [-0.4, -0.2) is 13.7 Å². The standard InChI is InChI=1S/C16H17F2NO/c1-3-19-16(11-4-7-13(20-2)8-5-11)12-6-9-14(17)15(18)10-12/h4-10,16,19H,3H2,1-2H3. The highest BCUT2D eigenvalue weighted by Crippen LogP contribution is 2.25. The van der Waals surface area contributed by atoms with Gasteiger partial charge in [-0.15, -0.1) is 0 Å². The van der Waals surface area contributed by atoms with Gasteiger partial charge in [-0.2, -0.15) is 0 Å². The van der Waals surface area contributed by atoms with Crippen molar-refractivity contribution in [3.63, 3.8) is 0 Å². The molecule has 0 saturated heterocycles. The Morgan fingerprint density at radius 3 is 2.20 bits per heavy atom. The molecular formula is C16H17F2NO. The monoisotopic (exact) mass is 277 g/mol. The second-order valence-electron chi connectivity index (χ2n) is 4.44. The smallest absolute Gasteiger partial charge is 0.159 e. The van der Waals surface area contributed by atoms with Crippen molar-refractivity contribution in [2.45, 2.75) is 13.0 Å². The molecule has 4 heteroatoms. The zero-order valence-corrected chi connectivity index (χ0v) is 11.5. The molecule has 106 valence electrons. The van der Waals surface area contributed by atoms with E-state index in [1.807, 2.05) is 31.2 Å². The third-order valence-corrected chi connectivity index (χ3v) is 3.13. The van der Waals surface area contributed by atoms with Crippen molar-refractivity contribution < 1.29 is 13.5 Å². The lowest BCUT2D eigenvalue weighted by molar-refractivity contribution is 0.414. The lowest BCUT2D eigenvalue weighted by Crippen LogP contribution is -2.22. The van der Waals surface area contributed by atoms with E-state index in [9.17, 15) is 8.78 Å². The quantitative estimate of drug-likeness (QED) is 0.900. The number of ether oxygens (including phenoxy) is 1. The third kappa shape index (κ3) is 3.14. The maximum absolute atomic E-state index is 13.4. The van der Waals surface area contributed by atoms with Gasteiger partial charge in [-0.3, -0.25) is 0 Å². The van der Waals surface area contributed by atoms with E-state index in [4.69, 9.17) is 4.74 Å². The minimum Gasteiger partial charge on any atom is -0.497 e. The fourth-order valence-corrected chi connectivity index (χ4v) is 2.12. The van der Waals surface area contributed by atoms with Gasteiger partial charge in [0, 0.05) is 0 Å². The Morgan fingerprint density at radius 2 is 1.65 bits per heavy atom. The summed E-state index contributed by atoms with van der Waals surface area (Å²) < 4.78 is 31.5. The topological polar surface area (TPSA) is 21.3 Å². The van der Waals surface area contributed by atoms with E-state index < -0.39 is 11.6 Å². The van der Waals surface area contributed by atoms with Crippen LogP contribution in [0.15, 0.2) is 42.5 Å². The minimum atomic E-state index is -0.835. The van der Waals surface area contributed by atoms with Crippen LogP contribution in [0.4, 0.5) is 8.78 Å². The zero-order chi connectivity index (χ0) is 14.5. The molecule has 1 N–H and O–H groups in total. The van der Waals surface area contributed by atoms with Gasteiger partial charge < -0.3 is 10.1 Å². The Balaban J connectivity index is 2.35. The molecule has 0 fully saturated rings. The first-order valence-electron chi connectivity index (χ1n) is 6.48. The summed E-state index contributed by atoms with van der Waals surface area (Å²) in [5.41, 5.74) is 1.66. The van der Waals surface area contributed by atoms with Crippen molar-refractivity contribution in [3.05, 3.63) is 65.2 Å². The van der Waals surface area contributed by atoms with Gasteiger partial charge in [-0.1, -0.05) is 25.1 Å². The van der Waals surface area contributed by atoms with Gasteiger partial charge in [0.15, 0.2) is 11.6 Å². The highest BCUT2D eigenvalue weighted by molar-refractivity contribution is 5.35. The van der Waals surface area contributed by atoms with E-state index in [1.165, 1.54) is 6.07 Å². The molecule has 0 amide bonds. The molecule has 0 bridgehead atoms. The Hall–Kier alpha value is -1.94. The van der Waals surface area contributed by atoms with Gasteiger partial charge in [0.1, 0.15) is 5.75 Å². The van der Waals surface area contributed by atoms with E-state index >= 15 is 0 Å². The SMILES string of the molecule is CCNC(c1ccc(OC)cc1)c1ccc(F)c(F)c1. The van der Waals surface area contributed by atoms with Gasteiger partial charge in [-0.25, -0.2) is 8.78 Å². The summed E-state index contributed by atoms with van der Waals surface area (Å²) in [6.07, 6.45) is 0. The van der Waals surface area contributed by atoms with Crippen molar-refractivity contribution in [2.24, 2.45) is 0 Å². The normalized spacial score (nSPS) is 12.2. The number of hydrogen-bond donors (Lipinski definition) is 1. The number of benzene rings is 2. The maximum Gasteiger partial charge on any atom is 0.159 e. The lowest BCUT2D eigenvalue weighted by Gasteiger charge is -2.19. The first-order chi connectivity index (χ1) is 9.65. The summed E-state index contributed by atoms with van der Waals surface area (Å²) in [5.74, 6) is -0.910. The lowest BCUT2D eigenvalue weighted by atomic mass is 9.98. The van der Waals surface area contributed by atoms with Crippen LogP contribution >= 0.6 is 0 Å². The Bertz CT molecular complexity index is 569. The fourth-order valence-electron chi connectivity index (χ4n) is 2.12. The van der Waals surface area contributed by atoms with Crippen LogP contribution in [0.2, 0.25) is 0 Å². The molecule has 0 heterocycles. The first-order valence-corrected chi connectivity index (χ1v) is 6.48. The second kappa shape index (κ2) is 6.48. The van der Waals surface area contributed by atoms with Crippen molar-refractivity contribution in [2.75, 3.05) is 13.7 Å². The van der Waals surface area contributed by atoms with E-state index in [2.05, 4.69) is 5.32 Å². The molecule has 0 spiro atoms. The zero-order valence-electron chi connectivity index (χ0n) is 11.5. The molecule has 0 saturated carbocycles. The van der Waals surface area contributed by atoms with Crippen molar-refractivity contribution >= 4 is 0 Å². The van der Waals surface area contributed by atoms with Crippen LogP contribution in [0.25, 0.3) is 0 Å². The predicted octanol–water partition coefficient (Wildman–Crippen LogP) is 3.67. The van der Waals surface area contributed by atoms with Gasteiger partial charge in [0.05, 0.1) is 13.2 Å². The summed E-state index contributed by atoms with van der Waals surface area (Å²) in [6.45, 7) is 2.69. The Morgan fingerprint density at radius 1 is 1.00 bits per heavy atom. The number of rotatable bonds is 5. The molecule has 0 aromatic heterocycles. The molecule has 2 aromatic rings. The van der Waals surface area contributed by atoms with Gasteiger partial charge in [0.25, 0.3) is 0 Å². The average Bonchev–Trinajstić information content (AvgIpc) is 2.48. The average molecular weight is 277 g/mol. The number of nitrogens with one attached hydrogen (secondary N) is 1. The first kappa shape index (κ1) is 14.5. The molecule has 0 aliphatic rings. The van der Waals surface area contributed by atoms with Crippen LogP contribution in [-0.2, 0) is 0 Å². The van der Waals surface area contributed by atoms with Crippen LogP contribution in [0.1, 0.15) is 24.1 Å². The largest absolute Gasteiger partial charge is 0.497 e. The van der Waals surface area contributed by atoms with Crippen molar-refractivity contribution in [3.8, 4) is 5.75 Å². The van der Waals surface area contributed by atoms with E-state index in [0.29, 0.717) is 5.56 Å². The van der Waals surface area contributed by atoms with Crippen LogP contribution in [0, 0.1) is 11.6 Å².